The van der Waals surface area contributed by atoms with E-state index < -0.39 is 0 Å². The van der Waals surface area contributed by atoms with Crippen LogP contribution >= 0.6 is 0 Å². The van der Waals surface area contributed by atoms with Crippen molar-refractivity contribution < 1.29 is 14.3 Å². The first-order chi connectivity index (χ1) is 10.5. The highest BCUT2D eigenvalue weighted by atomic mass is 16.5. The van der Waals surface area contributed by atoms with E-state index in [1.165, 1.54) is 0 Å². The van der Waals surface area contributed by atoms with Gasteiger partial charge in [0, 0.05) is 18.7 Å². The van der Waals surface area contributed by atoms with E-state index in [0.29, 0.717) is 13.1 Å². The first-order valence-corrected chi connectivity index (χ1v) is 7.47. The molecule has 1 aromatic rings. The fraction of sp³-hybridized carbons (Fsp3) is 0.500. The van der Waals surface area contributed by atoms with Crippen LogP contribution in [0.3, 0.4) is 0 Å². The minimum Gasteiger partial charge on any atom is -0.496 e. The van der Waals surface area contributed by atoms with E-state index in [1.54, 1.807) is 7.11 Å². The Morgan fingerprint density at radius 2 is 2.09 bits per heavy atom. The van der Waals surface area contributed by atoms with Gasteiger partial charge in [0.25, 0.3) is 0 Å². The number of rotatable bonds is 5. The van der Waals surface area contributed by atoms with Crippen molar-refractivity contribution in [3.05, 3.63) is 29.8 Å². The summed E-state index contributed by atoms with van der Waals surface area (Å²) in [6.07, 6.45) is 0. The molecule has 6 heteroatoms. The molecule has 1 saturated heterocycles. The normalized spacial score (nSPS) is 18.2. The maximum atomic E-state index is 12.4. The Kier molecular flexibility index (Phi) is 5.38. The Morgan fingerprint density at radius 1 is 1.36 bits per heavy atom. The van der Waals surface area contributed by atoms with Crippen LogP contribution in [0.1, 0.15) is 25.5 Å². The molecule has 22 heavy (non-hydrogen) atoms. The van der Waals surface area contributed by atoms with Gasteiger partial charge in [0.1, 0.15) is 5.75 Å². The Hall–Kier alpha value is -2.08. The average Bonchev–Trinajstić information content (AvgIpc) is 2.53. The van der Waals surface area contributed by atoms with Crippen LogP contribution < -0.4 is 15.4 Å². The van der Waals surface area contributed by atoms with Gasteiger partial charge in [-0.05, 0) is 19.9 Å². The molecule has 2 N–H and O–H groups in total. The Balaban J connectivity index is 1.99. The van der Waals surface area contributed by atoms with Gasteiger partial charge in [-0.1, -0.05) is 18.2 Å². The lowest BCUT2D eigenvalue weighted by Gasteiger charge is -2.31. The Labute approximate surface area is 130 Å². The lowest BCUT2D eigenvalue weighted by Crippen LogP contribution is -2.55. The van der Waals surface area contributed by atoms with Gasteiger partial charge in [0.2, 0.25) is 11.8 Å². The maximum Gasteiger partial charge on any atom is 0.237 e. The number of ether oxygens (including phenoxy) is 1. The van der Waals surface area contributed by atoms with Gasteiger partial charge in [0.05, 0.1) is 25.7 Å². The van der Waals surface area contributed by atoms with Gasteiger partial charge in [-0.15, -0.1) is 0 Å². The molecule has 120 valence electrons. The third-order valence-corrected chi connectivity index (χ3v) is 3.96. The SMILES string of the molecule is COc1ccccc1C(C)NC(=O)C(C)N1CCNC(=O)C1. The number of benzene rings is 1. The van der Waals surface area contributed by atoms with Crippen molar-refractivity contribution in [3.8, 4) is 5.75 Å². The summed E-state index contributed by atoms with van der Waals surface area (Å²) in [6.45, 7) is 5.27. The highest BCUT2D eigenvalue weighted by Gasteiger charge is 2.27. The second-order valence-electron chi connectivity index (χ2n) is 5.47. The molecule has 0 spiro atoms. The van der Waals surface area contributed by atoms with Gasteiger partial charge in [-0.3, -0.25) is 14.5 Å². The molecule has 2 rings (SSSR count). The largest absolute Gasteiger partial charge is 0.496 e. The number of para-hydroxylation sites is 1. The van der Waals surface area contributed by atoms with Crippen LogP contribution in [-0.2, 0) is 9.59 Å². The summed E-state index contributed by atoms with van der Waals surface area (Å²) in [7, 11) is 1.61. The number of nitrogens with one attached hydrogen (secondary N) is 2. The zero-order chi connectivity index (χ0) is 16.1. The first-order valence-electron chi connectivity index (χ1n) is 7.47. The van der Waals surface area contributed by atoms with E-state index in [1.807, 2.05) is 43.0 Å². The number of piperazine rings is 1. The quantitative estimate of drug-likeness (QED) is 0.840. The number of methoxy groups -OCH3 is 1. The standard InChI is InChI=1S/C16H23N3O3/c1-11(13-6-4-5-7-14(13)22-3)18-16(21)12(2)19-9-8-17-15(20)10-19/h4-7,11-12H,8-10H2,1-3H3,(H,17,20)(H,18,21). The summed E-state index contributed by atoms with van der Waals surface area (Å²) in [5.74, 6) is 0.622. The van der Waals surface area contributed by atoms with Gasteiger partial charge < -0.3 is 15.4 Å². The van der Waals surface area contributed by atoms with Crippen molar-refractivity contribution in [1.82, 2.24) is 15.5 Å². The van der Waals surface area contributed by atoms with Crippen LogP contribution in [0.15, 0.2) is 24.3 Å². The number of carbonyl (C=O) groups is 2. The van der Waals surface area contributed by atoms with Crippen molar-refractivity contribution in [2.75, 3.05) is 26.7 Å². The molecule has 0 radical (unpaired) electrons. The van der Waals surface area contributed by atoms with E-state index >= 15 is 0 Å². The lowest BCUT2D eigenvalue weighted by molar-refractivity contribution is -0.130. The van der Waals surface area contributed by atoms with Crippen LogP contribution in [0, 0.1) is 0 Å². The first kappa shape index (κ1) is 16.3. The predicted molar refractivity (Wildman–Crippen MR) is 83.6 cm³/mol. The number of hydrogen-bond donors (Lipinski definition) is 2. The van der Waals surface area contributed by atoms with Gasteiger partial charge in [0.15, 0.2) is 0 Å². The molecule has 2 unspecified atom stereocenters. The zero-order valence-corrected chi connectivity index (χ0v) is 13.3. The second-order valence-corrected chi connectivity index (χ2v) is 5.47. The third-order valence-electron chi connectivity index (χ3n) is 3.96. The molecule has 1 fully saturated rings. The Morgan fingerprint density at radius 3 is 2.77 bits per heavy atom. The summed E-state index contributed by atoms with van der Waals surface area (Å²) in [4.78, 5) is 25.7. The number of nitrogens with zero attached hydrogens (tertiary/aromatic N) is 1. The van der Waals surface area contributed by atoms with E-state index in [9.17, 15) is 9.59 Å². The van der Waals surface area contributed by atoms with Crippen molar-refractivity contribution >= 4 is 11.8 Å². The summed E-state index contributed by atoms with van der Waals surface area (Å²) < 4.78 is 5.32. The smallest absolute Gasteiger partial charge is 0.237 e. The van der Waals surface area contributed by atoms with E-state index in [-0.39, 0.29) is 30.4 Å². The highest BCUT2D eigenvalue weighted by Crippen LogP contribution is 2.24. The number of hydrogen-bond acceptors (Lipinski definition) is 4. The zero-order valence-electron chi connectivity index (χ0n) is 13.3. The molecular weight excluding hydrogens is 282 g/mol. The number of amides is 2. The molecule has 1 aromatic carbocycles. The minimum absolute atomic E-state index is 0.0383. The van der Waals surface area contributed by atoms with Crippen molar-refractivity contribution in [2.45, 2.75) is 25.9 Å². The van der Waals surface area contributed by atoms with Gasteiger partial charge >= 0.3 is 0 Å². The van der Waals surface area contributed by atoms with Crippen LogP contribution in [-0.4, -0.2) is 49.5 Å². The molecule has 6 nitrogen and oxygen atoms in total. The van der Waals surface area contributed by atoms with Crippen LogP contribution in [0.5, 0.6) is 5.75 Å². The highest BCUT2D eigenvalue weighted by molar-refractivity contribution is 5.84. The van der Waals surface area contributed by atoms with Gasteiger partial charge in [-0.2, -0.15) is 0 Å². The van der Waals surface area contributed by atoms with E-state index in [2.05, 4.69) is 10.6 Å². The molecule has 0 aliphatic carbocycles. The van der Waals surface area contributed by atoms with Crippen molar-refractivity contribution in [3.63, 3.8) is 0 Å². The average molecular weight is 305 g/mol. The van der Waals surface area contributed by atoms with E-state index in [4.69, 9.17) is 4.74 Å². The predicted octanol–water partition coefficient (Wildman–Crippen LogP) is 0.693. The number of carbonyl (C=O) groups excluding carboxylic acids is 2. The summed E-state index contributed by atoms with van der Waals surface area (Å²) in [5, 5.41) is 5.75. The molecule has 1 aliphatic heterocycles. The van der Waals surface area contributed by atoms with Crippen LogP contribution in [0.4, 0.5) is 0 Å². The minimum atomic E-state index is -0.344. The maximum absolute atomic E-state index is 12.4. The molecule has 1 aliphatic rings. The third kappa shape index (κ3) is 3.76. The van der Waals surface area contributed by atoms with Crippen LogP contribution in [0.2, 0.25) is 0 Å². The monoisotopic (exact) mass is 305 g/mol. The molecule has 0 saturated carbocycles. The molecule has 1 heterocycles. The molecular formula is C16H23N3O3. The van der Waals surface area contributed by atoms with Gasteiger partial charge in [-0.25, -0.2) is 0 Å². The van der Waals surface area contributed by atoms with Crippen LogP contribution in [0.25, 0.3) is 0 Å². The van der Waals surface area contributed by atoms with Crippen molar-refractivity contribution in [2.24, 2.45) is 0 Å². The summed E-state index contributed by atoms with van der Waals surface area (Å²) >= 11 is 0. The molecule has 2 amide bonds. The van der Waals surface area contributed by atoms with E-state index in [0.717, 1.165) is 11.3 Å². The Bertz CT molecular complexity index is 547. The summed E-state index contributed by atoms with van der Waals surface area (Å²) in [6, 6.07) is 7.11. The fourth-order valence-electron chi connectivity index (χ4n) is 2.59. The summed E-state index contributed by atoms with van der Waals surface area (Å²) in [5.41, 5.74) is 0.932. The topological polar surface area (TPSA) is 70.7 Å². The second kappa shape index (κ2) is 7.26. The fourth-order valence-corrected chi connectivity index (χ4v) is 2.59. The molecule has 2 atom stereocenters. The van der Waals surface area contributed by atoms with Crippen molar-refractivity contribution in [1.29, 1.82) is 0 Å². The molecule has 0 aromatic heterocycles. The molecule has 0 bridgehead atoms. The lowest BCUT2D eigenvalue weighted by atomic mass is 10.1.